The first-order chi connectivity index (χ1) is 14.1. The number of nitrogens with zero attached hydrogens (tertiary/aromatic N) is 3. The molecule has 2 aromatic rings. The third-order valence-electron chi connectivity index (χ3n) is 4.43. The number of hydrogen-bond acceptors (Lipinski definition) is 5. The summed E-state index contributed by atoms with van der Waals surface area (Å²) in [7, 11) is 1.22. The van der Waals surface area contributed by atoms with Gasteiger partial charge in [-0.05, 0) is 24.5 Å². The number of terminal acetylenes is 1. The van der Waals surface area contributed by atoms with Crippen LogP contribution in [-0.2, 0) is 4.79 Å². The van der Waals surface area contributed by atoms with Gasteiger partial charge in [0.15, 0.2) is 16.6 Å². The Hall–Kier alpha value is -3.13. The summed E-state index contributed by atoms with van der Waals surface area (Å²) >= 11 is 1.03. The van der Waals surface area contributed by atoms with Gasteiger partial charge in [0.2, 0.25) is 5.91 Å². The first kappa shape index (κ1) is 21.6. The molecule has 1 atom stereocenters. The Kier molecular flexibility index (Phi) is 5.98. The van der Waals surface area contributed by atoms with Gasteiger partial charge in [-0.25, -0.2) is 9.37 Å². The van der Waals surface area contributed by atoms with Gasteiger partial charge in [0, 0.05) is 23.7 Å². The number of alkyl halides is 3. The summed E-state index contributed by atoms with van der Waals surface area (Å²) in [5, 5.41) is 1.62. The van der Waals surface area contributed by atoms with E-state index in [1.807, 2.05) is 0 Å². The molecule has 1 aromatic heterocycles. The SMILES string of the molecule is C#Cc1nc(C(=O)N(c2ccc(F)c(OC)c2)C2CCN(CC(F)(F)F)C2=O)cs1. The van der Waals surface area contributed by atoms with E-state index in [-0.39, 0.29) is 35.1 Å². The second kappa shape index (κ2) is 8.31. The molecule has 0 saturated carbocycles. The summed E-state index contributed by atoms with van der Waals surface area (Å²) in [5.41, 5.74) is 0.0130. The second-order valence-corrected chi connectivity index (χ2v) is 7.21. The molecule has 0 spiro atoms. The van der Waals surface area contributed by atoms with Crippen LogP contribution in [0.4, 0.5) is 23.2 Å². The van der Waals surface area contributed by atoms with Crippen molar-refractivity contribution in [3.8, 4) is 18.1 Å². The molecule has 2 amide bonds. The van der Waals surface area contributed by atoms with Crippen LogP contribution in [0.3, 0.4) is 0 Å². The van der Waals surface area contributed by atoms with Gasteiger partial charge in [-0.1, -0.05) is 0 Å². The maximum atomic E-state index is 13.8. The van der Waals surface area contributed by atoms with Crippen LogP contribution in [-0.4, -0.2) is 54.1 Å². The average Bonchev–Trinajstić information content (AvgIpc) is 3.30. The molecule has 158 valence electrons. The van der Waals surface area contributed by atoms with Crippen molar-refractivity contribution < 1.29 is 31.9 Å². The highest BCUT2D eigenvalue weighted by atomic mass is 32.1. The maximum Gasteiger partial charge on any atom is 0.406 e. The van der Waals surface area contributed by atoms with Crippen LogP contribution in [0.2, 0.25) is 0 Å². The van der Waals surface area contributed by atoms with E-state index in [1.54, 1.807) is 0 Å². The lowest BCUT2D eigenvalue weighted by Gasteiger charge is -2.28. The molecule has 1 fully saturated rings. The van der Waals surface area contributed by atoms with E-state index in [0.717, 1.165) is 22.3 Å². The lowest BCUT2D eigenvalue weighted by atomic mass is 10.1. The van der Waals surface area contributed by atoms with E-state index in [0.29, 0.717) is 4.90 Å². The van der Waals surface area contributed by atoms with Gasteiger partial charge in [0.25, 0.3) is 5.91 Å². The molecule has 0 aliphatic carbocycles. The lowest BCUT2D eigenvalue weighted by molar-refractivity contribution is -0.157. The largest absolute Gasteiger partial charge is 0.494 e. The van der Waals surface area contributed by atoms with Crippen molar-refractivity contribution in [2.45, 2.75) is 18.6 Å². The van der Waals surface area contributed by atoms with Crippen molar-refractivity contribution >= 4 is 28.8 Å². The minimum absolute atomic E-state index is 0.0352. The number of thiazole rings is 1. The van der Waals surface area contributed by atoms with E-state index < -0.39 is 36.4 Å². The number of ether oxygens (including phenoxy) is 1. The van der Waals surface area contributed by atoms with Crippen molar-refractivity contribution in [2.24, 2.45) is 0 Å². The molecule has 1 aliphatic rings. The third kappa shape index (κ3) is 4.38. The van der Waals surface area contributed by atoms with Crippen molar-refractivity contribution in [3.05, 3.63) is 40.1 Å². The number of rotatable bonds is 5. The Morgan fingerprint density at radius 3 is 2.80 bits per heavy atom. The van der Waals surface area contributed by atoms with E-state index >= 15 is 0 Å². The Balaban J connectivity index is 2.01. The predicted molar refractivity (Wildman–Crippen MR) is 101 cm³/mol. The van der Waals surface area contributed by atoms with Crippen LogP contribution in [0.5, 0.6) is 5.75 Å². The standard InChI is InChI=1S/C19H15F4N3O3S/c1-3-16-24-13(9-30-16)17(27)26(11-4-5-12(20)15(8-11)29-2)14-6-7-25(18(14)28)10-19(21,22)23/h1,4-5,8-9,14H,6-7,10H2,2H3. The Labute approximate surface area is 173 Å². The summed E-state index contributed by atoms with van der Waals surface area (Å²) < 4.78 is 57.1. The summed E-state index contributed by atoms with van der Waals surface area (Å²) in [4.78, 5) is 31.5. The van der Waals surface area contributed by atoms with Crippen LogP contribution in [0.1, 0.15) is 21.9 Å². The molecule has 6 nitrogen and oxygen atoms in total. The zero-order valence-electron chi connectivity index (χ0n) is 15.6. The minimum atomic E-state index is -4.57. The van der Waals surface area contributed by atoms with Crippen molar-refractivity contribution in [2.75, 3.05) is 25.1 Å². The first-order valence-electron chi connectivity index (χ1n) is 8.59. The molecular weight excluding hydrogens is 426 g/mol. The summed E-state index contributed by atoms with van der Waals surface area (Å²) in [5.74, 6) is -0.212. The number of methoxy groups -OCH3 is 1. The van der Waals surface area contributed by atoms with Gasteiger partial charge in [0.05, 0.1) is 7.11 Å². The average molecular weight is 441 g/mol. The number of halogens is 4. The second-order valence-electron chi connectivity index (χ2n) is 6.36. The highest BCUT2D eigenvalue weighted by molar-refractivity contribution is 7.10. The monoisotopic (exact) mass is 441 g/mol. The number of anilines is 1. The van der Waals surface area contributed by atoms with Gasteiger partial charge in [-0.3, -0.25) is 14.5 Å². The maximum absolute atomic E-state index is 13.8. The van der Waals surface area contributed by atoms with Crippen LogP contribution >= 0.6 is 11.3 Å². The number of amides is 2. The molecule has 0 radical (unpaired) electrons. The summed E-state index contributed by atoms with van der Waals surface area (Å²) in [6.45, 7) is -1.60. The van der Waals surface area contributed by atoms with Crippen LogP contribution in [0.15, 0.2) is 23.6 Å². The summed E-state index contributed by atoms with van der Waals surface area (Å²) in [6.07, 6.45) is 0.664. The van der Waals surface area contributed by atoms with Gasteiger partial charge < -0.3 is 9.64 Å². The van der Waals surface area contributed by atoms with Crippen molar-refractivity contribution in [1.29, 1.82) is 0 Å². The molecule has 0 bridgehead atoms. The van der Waals surface area contributed by atoms with Crippen molar-refractivity contribution in [1.82, 2.24) is 9.88 Å². The predicted octanol–water partition coefficient (Wildman–Crippen LogP) is 3.08. The van der Waals surface area contributed by atoms with E-state index in [1.165, 1.54) is 24.6 Å². The number of benzene rings is 1. The zero-order chi connectivity index (χ0) is 22.1. The fourth-order valence-electron chi connectivity index (χ4n) is 3.13. The number of carbonyl (C=O) groups excluding carboxylic acids is 2. The van der Waals surface area contributed by atoms with E-state index in [9.17, 15) is 27.2 Å². The lowest BCUT2D eigenvalue weighted by Crippen LogP contribution is -2.47. The number of likely N-dealkylation sites (tertiary alicyclic amines) is 1. The molecule has 2 heterocycles. The van der Waals surface area contributed by atoms with Crippen molar-refractivity contribution in [3.63, 3.8) is 0 Å². The first-order valence-corrected chi connectivity index (χ1v) is 9.47. The fraction of sp³-hybridized carbons (Fsp3) is 0.316. The molecule has 1 unspecified atom stereocenters. The van der Waals surface area contributed by atoms with E-state index in [4.69, 9.17) is 11.2 Å². The Morgan fingerprint density at radius 2 is 2.20 bits per heavy atom. The molecule has 1 saturated heterocycles. The molecule has 11 heteroatoms. The highest BCUT2D eigenvalue weighted by Gasteiger charge is 2.44. The van der Waals surface area contributed by atoms with Crippen LogP contribution < -0.4 is 9.64 Å². The topological polar surface area (TPSA) is 62.7 Å². The molecule has 1 aromatic carbocycles. The molecule has 3 rings (SSSR count). The van der Waals surface area contributed by atoms with Gasteiger partial charge >= 0.3 is 6.18 Å². The Bertz CT molecular complexity index is 1020. The minimum Gasteiger partial charge on any atom is -0.494 e. The highest BCUT2D eigenvalue weighted by Crippen LogP contribution is 2.31. The number of carbonyl (C=O) groups is 2. The van der Waals surface area contributed by atoms with E-state index in [2.05, 4.69) is 10.9 Å². The number of hydrogen-bond donors (Lipinski definition) is 0. The molecular formula is C19H15F4N3O3S. The third-order valence-corrected chi connectivity index (χ3v) is 5.20. The fourth-order valence-corrected chi connectivity index (χ4v) is 3.73. The van der Waals surface area contributed by atoms with Crippen LogP contribution in [0.25, 0.3) is 0 Å². The smallest absolute Gasteiger partial charge is 0.406 e. The van der Waals surface area contributed by atoms with Gasteiger partial charge in [0.1, 0.15) is 18.3 Å². The molecule has 30 heavy (non-hydrogen) atoms. The molecule has 1 aliphatic heterocycles. The van der Waals surface area contributed by atoms with Crippen LogP contribution in [0, 0.1) is 18.2 Å². The quantitative estimate of drug-likeness (QED) is 0.529. The van der Waals surface area contributed by atoms with Gasteiger partial charge in [-0.15, -0.1) is 17.8 Å². The zero-order valence-corrected chi connectivity index (χ0v) is 16.4. The number of aromatic nitrogens is 1. The summed E-state index contributed by atoms with van der Waals surface area (Å²) in [6, 6.07) is 2.26. The molecule has 0 N–H and O–H groups in total. The van der Waals surface area contributed by atoms with Gasteiger partial charge in [-0.2, -0.15) is 13.2 Å². The normalized spacial score (nSPS) is 16.5. The Morgan fingerprint density at radius 1 is 1.47 bits per heavy atom.